The summed E-state index contributed by atoms with van der Waals surface area (Å²) in [5.41, 5.74) is -5.66. The van der Waals surface area contributed by atoms with Gasteiger partial charge >= 0.3 is 5.97 Å². The minimum Gasteiger partial charge on any atom is -0.481 e. The number of aliphatic hydroxyl groups excluding tert-OH is 2. The van der Waals surface area contributed by atoms with Crippen LogP contribution in [0, 0.1) is 51.2 Å². The number of hydrogen-bond acceptors (Lipinski definition) is 8. The fourth-order valence-corrected chi connectivity index (χ4v) is 12.0. The van der Waals surface area contributed by atoms with Gasteiger partial charge in [-0.3, -0.25) is 19.2 Å². The number of benzene rings is 1. The summed E-state index contributed by atoms with van der Waals surface area (Å²) in [6.07, 6.45) is 6.40. The van der Waals surface area contributed by atoms with E-state index in [4.69, 9.17) is 0 Å². The summed E-state index contributed by atoms with van der Waals surface area (Å²) < 4.78 is 0. The van der Waals surface area contributed by atoms with E-state index in [1.165, 1.54) is 6.92 Å². The van der Waals surface area contributed by atoms with Crippen molar-refractivity contribution in [1.29, 1.82) is 0 Å². The van der Waals surface area contributed by atoms with Crippen LogP contribution < -0.4 is 0 Å². The Morgan fingerprint density at radius 3 is 2.30 bits per heavy atom. The van der Waals surface area contributed by atoms with Crippen molar-refractivity contribution in [2.75, 3.05) is 6.61 Å². The number of rotatable bonds is 10. The van der Waals surface area contributed by atoms with Crippen LogP contribution in [0.5, 0.6) is 0 Å². The minimum atomic E-state index is -1.79. The van der Waals surface area contributed by atoms with Crippen LogP contribution in [0.3, 0.4) is 0 Å². The predicted molar refractivity (Wildman–Crippen MR) is 186 cm³/mol. The second kappa shape index (κ2) is 11.9. The number of ketones is 3. The number of allylic oxidation sites excluding steroid dienone is 1. The summed E-state index contributed by atoms with van der Waals surface area (Å²) >= 11 is 0. The van der Waals surface area contributed by atoms with Gasteiger partial charge in [0.05, 0.1) is 5.60 Å². The molecule has 6 rings (SSSR count). The maximum absolute atomic E-state index is 14.9. The fourth-order valence-electron chi connectivity index (χ4n) is 12.0. The number of carbonyl (C=O) groups excluding carboxylic acids is 3. The van der Waals surface area contributed by atoms with Gasteiger partial charge in [-0.1, -0.05) is 83.2 Å². The molecule has 270 valence electrons. The highest BCUT2D eigenvalue weighted by atomic mass is 16.4. The Morgan fingerprint density at radius 1 is 1.02 bits per heavy atom. The van der Waals surface area contributed by atoms with Crippen LogP contribution in [0.15, 0.2) is 59.7 Å². The Balaban J connectivity index is 1.58. The first-order valence-electron chi connectivity index (χ1n) is 18.0. The SMILES string of the molecule is CC(C(=O)O)C(=O)C(O)CC(C)C1CC2(O)C=CC3(O)C4=C(C(=O)CC1(C)C42CCO)C1(C)CCC(=O)C(C)(C)C1C3C=Cc1ccccc1. The van der Waals surface area contributed by atoms with Crippen molar-refractivity contribution in [2.24, 2.45) is 51.2 Å². The van der Waals surface area contributed by atoms with Crippen LogP contribution in [0.2, 0.25) is 0 Å². The zero-order chi connectivity index (χ0) is 36.8. The lowest BCUT2D eigenvalue weighted by Crippen LogP contribution is -2.70. The summed E-state index contributed by atoms with van der Waals surface area (Å²) in [4.78, 5) is 53.0. The van der Waals surface area contributed by atoms with Crippen LogP contribution in [-0.2, 0) is 19.2 Å². The average Bonchev–Trinajstić information content (AvgIpc) is 3.25. The standard InChI is InChI=1S/C41H52O9/c1-23(20-28(43)32(46)24(2)35(47)48)27-21-39(49)16-17-40(50)26(13-12-25-10-8-7-9-11-25)33-36(3,4)30(45)14-15-37(33,5)31-29(44)22-38(27,6)41(39,18-19-42)34(31)40/h7-13,16-17,23-24,26-28,33,42-43,49-50H,14-15,18-22H2,1-6H3,(H,47,48). The molecule has 5 N–H and O–H groups in total. The molecule has 5 aliphatic carbocycles. The van der Waals surface area contributed by atoms with Crippen molar-refractivity contribution in [3.8, 4) is 0 Å². The number of aliphatic carboxylic acids is 1. The minimum absolute atomic E-state index is 0.00382. The number of carboxylic acid groups (broad SMARTS) is 1. The first kappa shape index (κ1) is 36.5. The molecule has 11 unspecified atom stereocenters. The van der Waals surface area contributed by atoms with Crippen molar-refractivity contribution in [1.82, 2.24) is 0 Å². The van der Waals surface area contributed by atoms with Gasteiger partial charge in [0.2, 0.25) is 0 Å². The predicted octanol–water partition coefficient (Wildman–Crippen LogP) is 4.71. The summed E-state index contributed by atoms with van der Waals surface area (Å²) in [5.74, 6) is -5.67. The van der Waals surface area contributed by atoms with E-state index in [2.05, 4.69) is 0 Å². The monoisotopic (exact) mass is 688 g/mol. The van der Waals surface area contributed by atoms with Gasteiger partial charge in [-0.2, -0.15) is 0 Å². The topological polar surface area (TPSA) is 169 Å². The smallest absolute Gasteiger partial charge is 0.313 e. The summed E-state index contributed by atoms with van der Waals surface area (Å²) in [5, 5.41) is 57.4. The van der Waals surface area contributed by atoms with E-state index >= 15 is 0 Å². The molecule has 0 bridgehead atoms. The number of fused-ring (bicyclic) bond motifs is 2. The third-order valence-corrected chi connectivity index (χ3v) is 14.2. The molecule has 11 atom stereocenters. The highest BCUT2D eigenvalue weighted by Crippen LogP contribution is 2.79. The maximum atomic E-state index is 14.9. The second-order valence-electron chi connectivity index (χ2n) is 17.1. The Hall–Kier alpha value is -3.24. The molecule has 5 aliphatic rings. The molecule has 50 heavy (non-hydrogen) atoms. The molecule has 0 aromatic heterocycles. The first-order chi connectivity index (χ1) is 23.3. The lowest BCUT2D eigenvalue weighted by molar-refractivity contribution is -0.166. The summed E-state index contributed by atoms with van der Waals surface area (Å²) in [6, 6.07) is 9.66. The van der Waals surface area contributed by atoms with Crippen LogP contribution in [-0.4, -0.2) is 72.8 Å². The molecule has 2 saturated carbocycles. The molecule has 9 heteroatoms. The van der Waals surface area contributed by atoms with Gasteiger partial charge in [0.1, 0.15) is 23.4 Å². The quantitative estimate of drug-likeness (QED) is 0.173. The van der Waals surface area contributed by atoms with Crippen LogP contribution >= 0.6 is 0 Å². The molecule has 0 amide bonds. The van der Waals surface area contributed by atoms with Gasteiger partial charge in [-0.25, -0.2) is 0 Å². The summed E-state index contributed by atoms with van der Waals surface area (Å²) in [6.45, 7) is 10.5. The Kier molecular flexibility index (Phi) is 8.70. The zero-order valence-electron chi connectivity index (χ0n) is 30.0. The van der Waals surface area contributed by atoms with Gasteiger partial charge in [-0.15, -0.1) is 0 Å². The van der Waals surface area contributed by atoms with Crippen molar-refractivity contribution >= 4 is 29.4 Å². The molecule has 2 fully saturated rings. The molecular formula is C41H52O9. The number of Topliss-reactive ketones (excluding diaryl/α,β-unsaturated/α-hetero) is 3. The van der Waals surface area contributed by atoms with Gasteiger partial charge < -0.3 is 25.5 Å². The van der Waals surface area contributed by atoms with E-state index in [0.29, 0.717) is 17.6 Å². The highest BCUT2D eigenvalue weighted by Gasteiger charge is 2.79. The normalized spacial score (nSPS) is 40.3. The van der Waals surface area contributed by atoms with E-state index in [1.54, 1.807) is 12.2 Å². The van der Waals surface area contributed by atoms with E-state index in [-0.39, 0.29) is 50.3 Å². The summed E-state index contributed by atoms with van der Waals surface area (Å²) in [7, 11) is 0. The number of aliphatic hydroxyl groups is 4. The fraction of sp³-hybridized carbons (Fsp3) is 0.610. The molecule has 1 aromatic carbocycles. The van der Waals surface area contributed by atoms with Crippen molar-refractivity contribution in [2.45, 2.75) is 97.4 Å². The molecule has 0 aliphatic heterocycles. The molecule has 0 radical (unpaired) electrons. The average molecular weight is 689 g/mol. The highest BCUT2D eigenvalue weighted by molar-refractivity contribution is 6.02. The third kappa shape index (κ3) is 4.72. The van der Waals surface area contributed by atoms with E-state index < -0.39 is 80.3 Å². The molecule has 0 saturated heterocycles. The Bertz CT molecular complexity index is 1710. The molecule has 1 aromatic rings. The van der Waals surface area contributed by atoms with Gasteiger partial charge in [0.15, 0.2) is 11.6 Å². The molecule has 9 nitrogen and oxygen atoms in total. The number of hydrogen-bond donors (Lipinski definition) is 5. The van der Waals surface area contributed by atoms with Crippen molar-refractivity contribution < 1.29 is 44.7 Å². The van der Waals surface area contributed by atoms with Crippen LogP contribution in [0.1, 0.15) is 85.6 Å². The first-order valence-corrected chi connectivity index (χ1v) is 18.0. The Morgan fingerprint density at radius 2 is 1.68 bits per heavy atom. The molecule has 0 heterocycles. The van der Waals surface area contributed by atoms with Gasteiger partial charge in [0, 0.05) is 47.2 Å². The van der Waals surface area contributed by atoms with Crippen LogP contribution in [0.25, 0.3) is 6.08 Å². The van der Waals surface area contributed by atoms with Crippen molar-refractivity contribution in [3.63, 3.8) is 0 Å². The lowest BCUT2D eigenvalue weighted by Gasteiger charge is -2.68. The van der Waals surface area contributed by atoms with E-state index in [0.717, 1.165) is 5.56 Å². The maximum Gasteiger partial charge on any atom is 0.313 e. The Labute approximate surface area is 294 Å². The van der Waals surface area contributed by atoms with Crippen molar-refractivity contribution in [3.05, 3.63) is 65.3 Å². The third-order valence-electron chi connectivity index (χ3n) is 14.2. The largest absolute Gasteiger partial charge is 0.481 e. The number of carbonyl (C=O) groups is 4. The lowest BCUT2D eigenvalue weighted by atomic mass is 9.35. The van der Waals surface area contributed by atoms with E-state index in [9.17, 15) is 44.7 Å². The zero-order valence-corrected chi connectivity index (χ0v) is 30.0. The second-order valence-corrected chi connectivity index (χ2v) is 17.1. The van der Waals surface area contributed by atoms with Gasteiger partial charge in [0.25, 0.3) is 0 Å². The van der Waals surface area contributed by atoms with E-state index in [1.807, 2.05) is 77.1 Å². The van der Waals surface area contributed by atoms with Crippen LogP contribution in [0.4, 0.5) is 0 Å². The number of carboxylic acids is 1. The van der Waals surface area contributed by atoms with Gasteiger partial charge in [-0.05, 0) is 73.0 Å². The molecular weight excluding hydrogens is 636 g/mol. The molecule has 0 spiro atoms.